The number of amides is 2. The molecule has 0 radical (unpaired) electrons. The number of hydrogen-bond donors (Lipinski definition) is 3. The molecule has 2 fully saturated rings. The molecule has 1 aromatic heterocycles. The Kier molecular flexibility index (Phi) is 1.93. The van der Waals surface area contributed by atoms with Crippen molar-refractivity contribution in [1.82, 2.24) is 20.3 Å². The zero-order valence-electron chi connectivity index (χ0n) is 9.24. The van der Waals surface area contributed by atoms with Crippen molar-refractivity contribution in [3.8, 4) is 0 Å². The molecule has 3 N–H and O–H groups in total. The Bertz CT molecular complexity index is 505. The summed E-state index contributed by atoms with van der Waals surface area (Å²) in [4.78, 5) is 13.4. The lowest BCUT2D eigenvalue weighted by Gasteiger charge is -2.35. The fraction of sp³-hybridized carbons (Fsp3) is 0.667. The lowest BCUT2D eigenvalue weighted by atomic mass is 10.1. The summed E-state index contributed by atoms with van der Waals surface area (Å²) in [5.74, 6) is 0.375. The molecule has 4 rings (SSSR count). The number of urea groups is 1. The predicted octanol–water partition coefficient (Wildman–Crippen LogP) is -0.843. The molecule has 4 atom stereocenters. The molecule has 9 heteroatoms. The second kappa shape index (κ2) is 3.40. The minimum Gasteiger partial charge on any atom is -0.390 e. The van der Waals surface area contributed by atoms with Gasteiger partial charge in [-0.25, -0.2) is 4.79 Å². The number of carbonyl (C=O) groups excluding carboxylic acids is 1. The van der Waals surface area contributed by atoms with E-state index in [1.807, 2.05) is 0 Å². The van der Waals surface area contributed by atoms with Gasteiger partial charge >= 0.3 is 6.03 Å². The molecule has 0 saturated carbocycles. The predicted molar refractivity (Wildman–Crippen MR) is 55.2 cm³/mol. The van der Waals surface area contributed by atoms with E-state index in [0.29, 0.717) is 17.9 Å². The van der Waals surface area contributed by atoms with Gasteiger partial charge in [-0.3, -0.25) is 10.2 Å². The van der Waals surface area contributed by atoms with Crippen LogP contribution < -0.4 is 5.32 Å². The smallest absolute Gasteiger partial charge is 0.327 e. The van der Waals surface area contributed by atoms with Crippen LogP contribution in [0.1, 0.15) is 18.3 Å². The normalized spacial score (nSPS) is 37.8. The van der Waals surface area contributed by atoms with Gasteiger partial charge in [-0.15, -0.1) is 5.10 Å². The third kappa shape index (κ3) is 1.23. The monoisotopic (exact) mass is 253 g/mol. The molecule has 2 saturated heterocycles. The summed E-state index contributed by atoms with van der Waals surface area (Å²) >= 11 is 0. The number of anilines is 1. The van der Waals surface area contributed by atoms with Crippen LogP contribution in [-0.4, -0.2) is 56.5 Å². The Balaban J connectivity index is 1.76. The summed E-state index contributed by atoms with van der Waals surface area (Å²) in [5.41, 5.74) is 0.528. The highest BCUT2D eigenvalue weighted by Gasteiger charge is 2.49. The van der Waals surface area contributed by atoms with Crippen molar-refractivity contribution >= 4 is 11.8 Å². The van der Waals surface area contributed by atoms with E-state index in [9.17, 15) is 9.90 Å². The highest BCUT2D eigenvalue weighted by molar-refractivity contribution is 5.91. The maximum Gasteiger partial charge on any atom is 0.327 e. The van der Waals surface area contributed by atoms with Gasteiger partial charge in [-0.1, -0.05) is 0 Å². The molecule has 1 unspecified atom stereocenters. The molecular weight excluding hydrogens is 242 g/mol. The number of aromatic nitrogens is 3. The van der Waals surface area contributed by atoms with Gasteiger partial charge in [0.2, 0.25) is 0 Å². The van der Waals surface area contributed by atoms with E-state index in [-0.39, 0.29) is 12.6 Å². The quantitative estimate of drug-likeness (QED) is 0.555. The highest BCUT2D eigenvalue weighted by Crippen LogP contribution is 2.39. The number of carbonyl (C=O) groups is 1. The van der Waals surface area contributed by atoms with Gasteiger partial charge < -0.3 is 14.6 Å². The number of aliphatic hydroxyl groups excluding tert-OH is 1. The highest BCUT2D eigenvalue weighted by atomic mass is 16.6. The second-order valence-corrected chi connectivity index (χ2v) is 4.51. The molecule has 3 aliphatic rings. The van der Waals surface area contributed by atoms with Crippen molar-refractivity contribution < 1.29 is 19.4 Å². The minimum absolute atomic E-state index is 0.221. The Hall–Kier alpha value is -1.71. The zero-order valence-corrected chi connectivity index (χ0v) is 9.24. The first kappa shape index (κ1) is 10.2. The number of fused-ring (bicyclic) bond motifs is 6. The number of H-pyrrole nitrogens is 1. The Morgan fingerprint density at radius 1 is 1.44 bits per heavy atom. The molecule has 18 heavy (non-hydrogen) atoms. The van der Waals surface area contributed by atoms with Crippen molar-refractivity contribution in [3.63, 3.8) is 0 Å². The van der Waals surface area contributed by atoms with E-state index in [0.717, 1.165) is 0 Å². The summed E-state index contributed by atoms with van der Waals surface area (Å²) < 4.78 is 11.2. The minimum atomic E-state index is -0.616. The zero-order chi connectivity index (χ0) is 12.3. The number of aliphatic hydroxyl groups is 1. The van der Waals surface area contributed by atoms with E-state index in [4.69, 9.17) is 9.47 Å². The average Bonchev–Trinajstić information content (AvgIpc) is 2.86. The third-order valence-corrected chi connectivity index (χ3v) is 3.45. The van der Waals surface area contributed by atoms with Gasteiger partial charge in [0.25, 0.3) is 0 Å². The molecule has 2 amide bonds. The Labute approximate surface area is 101 Å². The van der Waals surface area contributed by atoms with Crippen LogP contribution in [0.4, 0.5) is 10.6 Å². The Morgan fingerprint density at radius 2 is 2.33 bits per heavy atom. The van der Waals surface area contributed by atoms with Crippen LogP contribution in [0.3, 0.4) is 0 Å². The Morgan fingerprint density at radius 3 is 3.22 bits per heavy atom. The van der Waals surface area contributed by atoms with Gasteiger partial charge in [-0.2, -0.15) is 10.3 Å². The van der Waals surface area contributed by atoms with E-state index < -0.39 is 24.7 Å². The van der Waals surface area contributed by atoms with Crippen LogP contribution in [0, 0.1) is 0 Å². The van der Waals surface area contributed by atoms with Gasteiger partial charge in [0, 0.05) is 6.42 Å². The number of aromatic amines is 1. The first-order chi connectivity index (χ1) is 8.74. The van der Waals surface area contributed by atoms with Gasteiger partial charge in [0.1, 0.15) is 12.3 Å². The van der Waals surface area contributed by atoms with Crippen LogP contribution in [0.2, 0.25) is 0 Å². The van der Waals surface area contributed by atoms with Gasteiger partial charge in [0.05, 0.1) is 12.7 Å². The molecule has 0 spiro atoms. The van der Waals surface area contributed by atoms with Crippen molar-refractivity contribution in [1.29, 1.82) is 0 Å². The molecule has 4 heterocycles. The summed E-state index contributed by atoms with van der Waals surface area (Å²) in [6, 6.07) is -0.360. The molecule has 9 nitrogen and oxygen atoms in total. The second-order valence-electron chi connectivity index (χ2n) is 4.51. The SMILES string of the molecule is O=C1Nc2n[nH]nc2C2OC[C@H]3O[C@H](C[C@@H]3O)N12. The van der Waals surface area contributed by atoms with Crippen LogP contribution >= 0.6 is 0 Å². The largest absolute Gasteiger partial charge is 0.390 e. The molecular formula is C9H11N5O4. The fourth-order valence-corrected chi connectivity index (χ4v) is 2.57. The van der Waals surface area contributed by atoms with E-state index in [2.05, 4.69) is 20.7 Å². The molecule has 0 aromatic carbocycles. The van der Waals surface area contributed by atoms with E-state index >= 15 is 0 Å². The summed E-state index contributed by atoms with van der Waals surface area (Å²) in [7, 11) is 0. The van der Waals surface area contributed by atoms with Gasteiger partial charge in [0.15, 0.2) is 17.7 Å². The van der Waals surface area contributed by atoms with Crippen molar-refractivity contribution in [2.45, 2.75) is 31.1 Å². The van der Waals surface area contributed by atoms with Crippen molar-refractivity contribution in [3.05, 3.63) is 5.69 Å². The number of nitrogens with one attached hydrogen (secondary N) is 2. The molecule has 3 aliphatic heterocycles. The number of rotatable bonds is 0. The maximum atomic E-state index is 12.0. The average molecular weight is 253 g/mol. The van der Waals surface area contributed by atoms with Crippen LogP contribution in [0.5, 0.6) is 0 Å². The fourth-order valence-electron chi connectivity index (χ4n) is 2.57. The third-order valence-electron chi connectivity index (χ3n) is 3.45. The summed E-state index contributed by atoms with van der Waals surface area (Å²) in [6.45, 7) is 0.221. The van der Waals surface area contributed by atoms with Crippen molar-refractivity contribution in [2.24, 2.45) is 0 Å². The number of ether oxygens (including phenoxy) is 2. The van der Waals surface area contributed by atoms with E-state index in [1.54, 1.807) is 0 Å². The van der Waals surface area contributed by atoms with Crippen LogP contribution in [0.15, 0.2) is 0 Å². The van der Waals surface area contributed by atoms with Crippen LogP contribution in [0.25, 0.3) is 0 Å². The lowest BCUT2D eigenvalue weighted by Crippen LogP contribution is -2.48. The topological polar surface area (TPSA) is 113 Å². The summed E-state index contributed by atoms with van der Waals surface area (Å²) in [6.07, 6.45) is -1.74. The van der Waals surface area contributed by atoms with Crippen LogP contribution in [-0.2, 0) is 9.47 Å². The number of hydrogen-bond acceptors (Lipinski definition) is 6. The molecule has 2 bridgehead atoms. The molecule has 96 valence electrons. The number of nitrogens with zero attached hydrogens (tertiary/aromatic N) is 3. The van der Waals surface area contributed by atoms with Gasteiger partial charge in [-0.05, 0) is 0 Å². The lowest BCUT2D eigenvalue weighted by molar-refractivity contribution is -0.0701. The first-order valence-electron chi connectivity index (χ1n) is 5.69. The maximum absolute atomic E-state index is 12.0. The molecule has 0 aliphatic carbocycles. The molecule has 1 aromatic rings. The van der Waals surface area contributed by atoms with Crippen molar-refractivity contribution in [2.75, 3.05) is 11.9 Å². The summed E-state index contributed by atoms with van der Waals surface area (Å²) in [5, 5.41) is 22.6. The standard InChI is InChI=1S/C9H11N5O4/c15-3-1-5-14-8(17-2-4(3)18-5)6-7(10-9(14)16)12-13-11-6/h3-5,8,15H,1-2H2,(H2,10,11,12,13,16)/t3-,4+,5+,8?/m0/s1. The first-order valence-corrected chi connectivity index (χ1v) is 5.69. The van der Waals surface area contributed by atoms with E-state index in [1.165, 1.54) is 4.90 Å².